The Morgan fingerprint density at radius 1 is 1.28 bits per heavy atom. The first-order valence-corrected chi connectivity index (χ1v) is 8.88. The number of fused-ring (bicyclic) bond motifs is 1. The minimum atomic E-state index is 0.558. The number of ether oxygens (including phenoxy) is 1. The van der Waals surface area contributed by atoms with Gasteiger partial charge in [0, 0.05) is 11.9 Å². The van der Waals surface area contributed by atoms with Crippen LogP contribution < -0.4 is 15.4 Å². The lowest BCUT2D eigenvalue weighted by Gasteiger charge is -2.26. The van der Waals surface area contributed by atoms with Gasteiger partial charge in [-0.3, -0.25) is 10.2 Å². The van der Waals surface area contributed by atoms with Gasteiger partial charge >= 0.3 is 0 Å². The number of hydrogen-bond acceptors (Lipinski definition) is 7. The van der Waals surface area contributed by atoms with E-state index in [0.29, 0.717) is 19.2 Å². The molecular formula is C18H26N6O. The summed E-state index contributed by atoms with van der Waals surface area (Å²) < 4.78 is 5.55. The maximum Gasteiger partial charge on any atom is 0.230 e. The zero-order valence-electron chi connectivity index (χ0n) is 15.2. The predicted octanol–water partition coefficient (Wildman–Crippen LogP) is 2.73. The third-order valence-corrected chi connectivity index (χ3v) is 4.13. The first-order chi connectivity index (χ1) is 12.2. The first kappa shape index (κ1) is 17.4. The van der Waals surface area contributed by atoms with E-state index in [-0.39, 0.29) is 0 Å². The first-order valence-electron chi connectivity index (χ1n) is 8.88. The molecule has 1 aromatic heterocycles. The third-order valence-electron chi connectivity index (χ3n) is 4.13. The molecule has 0 unspecified atom stereocenters. The Kier molecular flexibility index (Phi) is 5.65. The molecule has 0 spiro atoms. The highest BCUT2D eigenvalue weighted by Gasteiger charge is 2.13. The van der Waals surface area contributed by atoms with E-state index in [1.165, 1.54) is 12.8 Å². The van der Waals surface area contributed by atoms with Crippen molar-refractivity contribution in [3.8, 4) is 5.75 Å². The molecule has 0 aliphatic carbocycles. The molecule has 0 saturated carbocycles. The lowest BCUT2D eigenvalue weighted by molar-refractivity contribution is 0.261. The van der Waals surface area contributed by atoms with Crippen molar-refractivity contribution in [1.82, 2.24) is 20.2 Å². The lowest BCUT2D eigenvalue weighted by Crippen LogP contribution is -2.46. The molecule has 0 radical (unpaired) electrons. The Balaban J connectivity index is 1.72. The van der Waals surface area contributed by atoms with Crippen LogP contribution in [0.25, 0.3) is 10.9 Å². The number of unbranched alkanes of at least 4 members (excludes halogenated alkanes) is 1. The maximum absolute atomic E-state index is 5.55. The quantitative estimate of drug-likeness (QED) is 0.841. The van der Waals surface area contributed by atoms with Crippen molar-refractivity contribution in [3.05, 3.63) is 23.9 Å². The summed E-state index contributed by atoms with van der Waals surface area (Å²) in [6.45, 7) is 9.34. The molecule has 3 rings (SSSR count). The van der Waals surface area contributed by atoms with E-state index in [4.69, 9.17) is 4.74 Å². The number of hydrogen-bond donors (Lipinski definition) is 2. The zero-order chi connectivity index (χ0) is 17.6. The van der Waals surface area contributed by atoms with Crippen LogP contribution in [0.4, 0.5) is 5.95 Å². The van der Waals surface area contributed by atoms with Gasteiger partial charge in [0.1, 0.15) is 5.75 Å². The molecule has 1 aliphatic rings. The molecule has 0 atom stereocenters. The summed E-state index contributed by atoms with van der Waals surface area (Å²) in [5.74, 6) is 2.12. The minimum Gasteiger partial charge on any atom is -0.494 e. The lowest BCUT2D eigenvalue weighted by atomic mass is 10.2. The highest BCUT2D eigenvalue weighted by atomic mass is 16.5. The molecule has 1 aromatic carbocycles. The van der Waals surface area contributed by atoms with E-state index < -0.39 is 0 Å². The smallest absolute Gasteiger partial charge is 0.230 e. The van der Waals surface area contributed by atoms with Crippen LogP contribution in [0.3, 0.4) is 0 Å². The van der Waals surface area contributed by atoms with E-state index in [1.807, 2.05) is 32.0 Å². The van der Waals surface area contributed by atoms with Crippen molar-refractivity contribution in [3.63, 3.8) is 0 Å². The standard InChI is InChI=1S/C18H26N6O/c1-4-6-9-24-11-19-17(20-12-24)23-18-21-13(3)15-10-14(25-5-2)7-8-16(15)22-18/h7-8,10H,4-6,9,11-12H2,1-3H3,(H2,19,20,21,22,23). The van der Waals surface area contributed by atoms with Crippen molar-refractivity contribution < 1.29 is 4.74 Å². The van der Waals surface area contributed by atoms with Gasteiger partial charge < -0.3 is 10.1 Å². The number of aliphatic imine (C=N–C) groups is 1. The van der Waals surface area contributed by atoms with Crippen molar-refractivity contribution >= 4 is 22.8 Å². The molecule has 2 heterocycles. The summed E-state index contributed by atoms with van der Waals surface area (Å²) in [5.41, 5.74) is 1.80. The average Bonchev–Trinajstić information content (AvgIpc) is 2.62. The van der Waals surface area contributed by atoms with Crippen LogP contribution in [0.5, 0.6) is 5.75 Å². The second-order valence-electron chi connectivity index (χ2n) is 6.10. The predicted molar refractivity (Wildman–Crippen MR) is 101 cm³/mol. The van der Waals surface area contributed by atoms with Crippen LogP contribution in [0.1, 0.15) is 32.4 Å². The topological polar surface area (TPSA) is 74.7 Å². The van der Waals surface area contributed by atoms with E-state index >= 15 is 0 Å². The molecule has 7 heteroatoms. The molecule has 25 heavy (non-hydrogen) atoms. The Morgan fingerprint density at radius 3 is 2.88 bits per heavy atom. The Morgan fingerprint density at radius 2 is 2.16 bits per heavy atom. The normalized spacial score (nSPS) is 14.9. The fourth-order valence-corrected chi connectivity index (χ4v) is 2.76. The summed E-state index contributed by atoms with van der Waals surface area (Å²) >= 11 is 0. The summed E-state index contributed by atoms with van der Waals surface area (Å²) in [7, 11) is 0. The highest BCUT2D eigenvalue weighted by molar-refractivity contribution is 5.93. The number of aryl methyl sites for hydroxylation is 1. The van der Waals surface area contributed by atoms with Gasteiger partial charge in [-0.15, -0.1) is 0 Å². The molecule has 0 saturated heterocycles. The van der Waals surface area contributed by atoms with Crippen LogP contribution in [0, 0.1) is 6.92 Å². The van der Waals surface area contributed by atoms with Gasteiger partial charge in [0.25, 0.3) is 0 Å². The van der Waals surface area contributed by atoms with E-state index in [1.54, 1.807) is 0 Å². The Labute approximate surface area is 148 Å². The fourth-order valence-electron chi connectivity index (χ4n) is 2.76. The molecule has 2 aromatic rings. The molecule has 0 fully saturated rings. The van der Waals surface area contributed by atoms with Gasteiger partial charge in [-0.25, -0.2) is 15.0 Å². The summed E-state index contributed by atoms with van der Waals surface area (Å²) in [5, 5.41) is 7.47. The number of nitrogens with zero attached hydrogens (tertiary/aromatic N) is 4. The highest BCUT2D eigenvalue weighted by Crippen LogP contribution is 2.23. The van der Waals surface area contributed by atoms with Gasteiger partial charge in [-0.05, 0) is 38.5 Å². The maximum atomic E-state index is 5.55. The zero-order valence-corrected chi connectivity index (χ0v) is 15.2. The van der Waals surface area contributed by atoms with E-state index in [0.717, 1.165) is 41.5 Å². The van der Waals surface area contributed by atoms with Crippen molar-refractivity contribution in [1.29, 1.82) is 0 Å². The van der Waals surface area contributed by atoms with Gasteiger partial charge in [-0.2, -0.15) is 0 Å². The number of benzene rings is 1. The van der Waals surface area contributed by atoms with E-state index in [9.17, 15) is 0 Å². The SMILES string of the molecule is CCCCN1CN=C(Nc2nc(C)c3cc(OCC)ccc3n2)NC1. The van der Waals surface area contributed by atoms with Crippen molar-refractivity contribution in [2.24, 2.45) is 4.99 Å². The minimum absolute atomic E-state index is 0.558. The number of guanidine groups is 1. The van der Waals surface area contributed by atoms with Crippen LogP contribution in [-0.2, 0) is 0 Å². The summed E-state index contributed by atoms with van der Waals surface area (Å²) in [6, 6.07) is 5.88. The largest absolute Gasteiger partial charge is 0.494 e. The Hall–Kier alpha value is -2.41. The molecule has 0 amide bonds. The summed E-state index contributed by atoms with van der Waals surface area (Å²) in [4.78, 5) is 15.9. The van der Waals surface area contributed by atoms with Gasteiger partial charge in [0.15, 0.2) is 0 Å². The number of aromatic nitrogens is 2. The van der Waals surface area contributed by atoms with Gasteiger partial charge in [-0.1, -0.05) is 13.3 Å². The molecular weight excluding hydrogens is 316 g/mol. The molecule has 134 valence electrons. The van der Waals surface area contributed by atoms with E-state index in [2.05, 4.69) is 37.4 Å². The Bertz CT molecular complexity index is 761. The second kappa shape index (κ2) is 8.11. The molecule has 7 nitrogen and oxygen atoms in total. The number of nitrogens with one attached hydrogen (secondary N) is 2. The molecule has 2 N–H and O–H groups in total. The average molecular weight is 342 g/mol. The van der Waals surface area contributed by atoms with Gasteiger partial charge in [0.05, 0.1) is 31.2 Å². The van der Waals surface area contributed by atoms with Crippen molar-refractivity contribution in [2.45, 2.75) is 33.6 Å². The second-order valence-corrected chi connectivity index (χ2v) is 6.10. The van der Waals surface area contributed by atoms with Crippen molar-refractivity contribution in [2.75, 3.05) is 31.8 Å². The van der Waals surface area contributed by atoms with Crippen LogP contribution >= 0.6 is 0 Å². The van der Waals surface area contributed by atoms with Crippen LogP contribution in [-0.4, -0.2) is 47.3 Å². The monoisotopic (exact) mass is 342 g/mol. The molecule has 0 bridgehead atoms. The van der Waals surface area contributed by atoms with Crippen LogP contribution in [0.2, 0.25) is 0 Å². The van der Waals surface area contributed by atoms with Crippen LogP contribution in [0.15, 0.2) is 23.2 Å². The number of anilines is 1. The summed E-state index contributed by atoms with van der Waals surface area (Å²) in [6.07, 6.45) is 2.39. The third kappa shape index (κ3) is 4.36. The fraction of sp³-hybridized carbons (Fsp3) is 0.500. The number of rotatable bonds is 6. The molecule has 1 aliphatic heterocycles. The van der Waals surface area contributed by atoms with Gasteiger partial charge in [0.2, 0.25) is 11.9 Å².